The van der Waals surface area contributed by atoms with Gasteiger partial charge in [-0.15, -0.1) is 11.3 Å². The zero-order valence-electron chi connectivity index (χ0n) is 9.71. The van der Waals surface area contributed by atoms with Crippen LogP contribution in [0.3, 0.4) is 0 Å². The van der Waals surface area contributed by atoms with Gasteiger partial charge in [0.25, 0.3) is 0 Å². The number of rotatable bonds is 4. The Morgan fingerprint density at radius 3 is 3.00 bits per heavy atom. The minimum atomic E-state index is 0.158. The SMILES string of the molecule is CNc1cccc(O)c1C=NNc1nc(N)cs1. The summed E-state index contributed by atoms with van der Waals surface area (Å²) in [6.07, 6.45) is 1.53. The first-order valence-corrected chi connectivity index (χ1v) is 6.08. The van der Waals surface area contributed by atoms with Gasteiger partial charge < -0.3 is 16.2 Å². The van der Waals surface area contributed by atoms with Gasteiger partial charge in [-0.05, 0) is 12.1 Å². The lowest BCUT2D eigenvalue weighted by Crippen LogP contribution is -1.97. The molecule has 0 aliphatic heterocycles. The number of aromatic nitrogens is 1. The third-order valence-corrected chi connectivity index (χ3v) is 2.99. The summed E-state index contributed by atoms with van der Waals surface area (Å²) in [5.41, 5.74) is 9.64. The molecule has 5 N–H and O–H groups in total. The number of nitrogen functional groups attached to an aromatic ring is 1. The largest absolute Gasteiger partial charge is 0.507 e. The number of thiazole rings is 1. The van der Waals surface area contributed by atoms with E-state index in [0.717, 1.165) is 5.69 Å². The highest BCUT2D eigenvalue weighted by Crippen LogP contribution is 2.23. The van der Waals surface area contributed by atoms with Gasteiger partial charge >= 0.3 is 0 Å². The number of nitrogens with zero attached hydrogens (tertiary/aromatic N) is 2. The van der Waals surface area contributed by atoms with Gasteiger partial charge in [-0.3, -0.25) is 5.43 Å². The molecule has 1 heterocycles. The summed E-state index contributed by atoms with van der Waals surface area (Å²) < 4.78 is 0. The Hall–Kier alpha value is -2.28. The van der Waals surface area contributed by atoms with Crippen molar-refractivity contribution in [2.45, 2.75) is 0 Å². The van der Waals surface area contributed by atoms with Gasteiger partial charge in [0.15, 0.2) is 0 Å². The quantitative estimate of drug-likeness (QED) is 0.499. The molecule has 2 rings (SSSR count). The van der Waals surface area contributed by atoms with Crippen LogP contribution in [-0.4, -0.2) is 23.4 Å². The third-order valence-electron chi connectivity index (χ3n) is 2.23. The van der Waals surface area contributed by atoms with Crippen molar-refractivity contribution in [1.82, 2.24) is 4.98 Å². The zero-order chi connectivity index (χ0) is 13.0. The third kappa shape index (κ3) is 2.69. The molecular weight excluding hydrogens is 250 g/mol. The van der Waals surface area contributed by atoms with Gasteiger partial charge in [0.1, 0.15) is 11.6 Å². The van der Waals surface area contributed by atoms with E-state index >= 15 is 0 Å². The Morgan fingerprint density at radius 2 is 2.33 bits per heavy atom. The predicted molar refractivity (Wildman–Crippen MR) is 75.4 cm³/mol. The van der Waals surface area contributed by atoms with Crippen LogP contribution in [0.25, 0.3) is 0 Å². The summed E-state index contributed by atoms with van der Waals surface area (Å²) in [4.78, 5) is 4.00. The molecule has 0 bridgehead atoms. The summed E-state index contributed by atoms with van der Waals surface area (Å²) in [5, 5.41) is 19.0. The van der Waals surface area contributed by atoms with Crippen molar-refractivity contribution < 1.29 is 5.11 Å². The number of nitrogens with two attached hydrogens (primary N) is 1. The van der Waals surface area contributed by atoms with Crippen LogP contribution < -0.4 is 16.5 Å². The summed E-state index contributed by atoms with van der Waals surface area (Å²) >= 11 is 1.36. The topological polar surface area (TPSA) is 95.6 Å². The van der Waals surface area contributed by atoms with Crippen molar-refractivity contribution in [3.63, 3.8) is 0 Å². The van der Waals surface area contributed by atoms with Crippen molar-refractivity contribution >= 4 is 34.2 Å². The molecule has 0 amide bonds. The molecule has 18 heavy (non-hydrogen) atoms. The van der Waals surface area contributed by atoms with Crippen molar-refractivity contribution in [3.8, 4) is 5.75 Å². The van der Waals surface area contributed by atoms with E-state index in [1.165, 1.54) is 17.6 Å². The van der Waals surface area contributed by atoms with E-state index in [4.69, 9.17) is 5.73 Å². The van der Waals surface area contributed by atoms with Crippen LogP contribution in [0.5, 0.6) is 5.75 Å². The Bertz CT molecular complexity index is 566. The van der Waals surface area contributed by atoms with Crippen molar-refractivity contribution in [3.05, 3.63) is 29.1 Å². The van der Waals surface area contributed by atoms with E-state index in [1.807, 2.05) is 6.07 Å². The molecule has 0 radical (unpaired) electrons. The Morgan fingerprint density at radius 1 is 1.50 bits per heavy atom. The number of nitrogens with one attached hydrogen (secondary N) is 2. The van der Waals surface area contributed by atoms with Crippen molar-refractivity contribution in [2.24, 2.45) is 5.10 Å². The minimum Gasteiger partial charge on any atom is -0.507 e. The fourth-order valence-corrected chi connectivity index (χ4v) is 1.94. The van der Waals surface area contributed by atoms with Crippen LogP contribution in [0, 0.1) is 0 Å². The van der Waals surface area contributed by atoms with Crippen LogP contribution in [-0.2, 0) is 0 Å². The Balaban J connectivity index is 2.13. The molecule has 1 aromatic carbocycles. The minimum absolute atomic E-state index is 0.158. The number of hydrogen-bond acceptors (Lipinski definition) is 7. The Kier molecular flexibility index (Phi) is 3.63. The molecule has 2 aromatic rings. The molecule has 6 nitrogen and oxygen atoms in total. The number of aromatic hydroxyl groups is 1. The van der Waals surface area contributed by atoms with E-state index < -0.39 is 0 Å². The van der Waals surface area contributed by atoms with E-state index in [0.29, 0.717) is 16.5 Å². The van der Waals surface area contributed by atoms with E-state index in [1.54, 1.807) is 24.6 Å². The molecule has 0 fully saturated rings. The fraction of sp³-hybridized carbons (Fsp3) is 0.0909. The van der Waals surface area contributed by atoms with Gasteiger partial charge in [0, 0.05) is 18.1 Å². The molecule has 0 atom stereocenters. The first-order valence-electron chi connectivity index (χ1n) is 5.20. The fourth-order valence-electron chi connectivity index (χ4n) is 1.40. The van der Waals surface area contributed by atoms with E-state index in [-0.39, 0.29) is 5.75 Å². The van der Waals surface area contributed by atoms with Crippen LogP contribution in [0.1, 0.15) is 5.56 Å². The van der Waals surface area contributed by atoms with E-state index in [9.17, 15) is 5.11 Å². The second-order valence-electron chi connectivity index (χ2n) is 3.44. The Labute approximate surface area is 108 Å². The average molecular weight is 263 g/mol. The monoisotopic (exact) mass is 263 g/mol. The van der Waals surface area contributed by atoms with E-state index in [2.05, 4.69) is 20.8 Å². The molecule has 1 aromatic heterocycles. The van der Waals surface area contributed by atoms with Gasteiger partial charge in [-0.2, -0.15) is 5.10 Å². The molecule has 0 unspecified atom stereocenters. The predicted octanol–water partition coefficient (Wildman–Crippen LogP) is 1.92. The highest BCUT2D eigenvalue weighted by atomic mass is 32.1. The van der Waals surface area contributed by atoms with Gasteiger partial charge in [-0.1, -0.05) is 6.07 Å². The zero-order valence-corrected chi connectivity index (χ0v) is 10.5. The van der Waals surface area contributed by atoms with Crippen LogP contribution in [0.4, 0.5) is 16.6 Å². The molecule has 94 valence electrons. The van der Waals surface area contributed by atoms with Crippen LogP contribution in [0.2, 0.25) is 0 Å². The maximum Gasteiger partial charge on any atom is 0.205 e. The average Bonchev–Trinajstić information content (AvgIpc) is 2.77. The second kappa shape index (κ2) is 5.37. The summed E-state index contributed by atoms with van der Waals surface area (Å²) in [6, 6.07) is 5.21. The highest BCUT2D eigenvalue weighted by molar-refractivity contribution is 7.14. The van der Waals surface area contributed by atoms with Gasteiger partial charge in [0.05, 0.1) is 11.8 Å². The number of phenolic OH excluding ortho intramolecular Hbond substituents is 1. The van der Waals surface area contributed by atoms with Gasteiger partial charge in [0.2, 0.25) is 5.13 Å². The summed E-state index contributed by atoms with van der Waals surface area (Å²) in [7, 11) is 1.78. The standard InChI is InChI=1S/C11H13N5OS/c1-13-8-3-2-4-9(17)7(8)5-14-16-11-15-10(12)6-18-11/h2-6,13,17H,12H2,1H3,(H,15,16). The number of anilines is 3. The molecule has 0 saturated heterocycles. The molecular formula is C11H13N5OS. The van der Waals surface area contributed by atoms with Gasteiger partial charge in [-0.25, -0.2) is 4.98 Å². The number of hydrazone groups is 1. The number of benzene rings is 1. The normalized spacial score (nSPS) is 10.7. The molecule has 0 spiro atoms. The maximum atomic E-state index is 9.73. The lowest BCUT2D eigenvalue weighted by atomic mass is 10.2. The van der Waals surface area contributed by atoms with Crippen LogP contribution >= 0.6 is 11.3 Å². The highest BCUT2D eigenvalue weighted by Gasteiger charge is 2.03. The van der Waals surface area contributed by atoms with Crippen LogP contribution in [0.15, 0.2) is 28.7 Å². The molecule has 7 heteroatoms. The maximum absolute atomic E-state index is 9.73. The summed E-state index contributed by atoms with van der Waals surface area (Å²) in [5.74, 6) is 0.613. The molecule has 0 aliphatic carbocycles. The number of hydrogen-bond donors (Lipinski definition) is 4. The lowest BCUT2D eigenvalue weighted by Gasteiger charge is -2.06. The summed E-state index contributed by atoms with van der Waals surface area (Å²) in [6.45, 7) is 0. The number of phenols is 1. The smallest absolute Gasteiger partial charge is 0.205 e. The lowest BCUT2D eigenvalue weighted by molar-refractivity contribution is 0.475. The molecule has 0 saturated carbocycles. The second-order valence-corrected chi connectivity index (χ2v) is 4.29. The first-order chi connectivity index (χ1) is 8.70. The van der Waals surface area contributed by atoms with Crippen molar-refractivity contribution in [1.29, 1.82) is 0 Å². The van der Waals surface area contributed by atoms with Crippen molar-refractivity contribution in [2.75, 3.05) is 23.5 Å². The first kappa shape index (κ1) is 12.2. The molecule has 0 aliphatic rings.